The van der Waals surface area contributed by atoms with Crippen molar-refractivity contribution in [2.45, 2.75) is 103 Å². The molecule has 0 saturated carbocycles. The molecule has 14 heteroatoms. The zero-order chi connectivity index (χ0) is 32.5. The lowest BCUT2D eigenvalue weighted by atomic mass is 10.2. The average molecular weight is 623 g/mol. The van der Waals surface area contributed by atoms with E-state index in [9.17, 15) is 19.2 Å². The van der Waals surface area contributed by atoms with Crippen molar-refractivity contribution in [2.75, 3.05) is 39.4 Å². The molecule has 248 valence electrons. The van der Waals surface area contributed by atoms with Crippen LogP contribution < -0.4 is 5.32 Å². The molecule has 0 heterocycles. The third kappa shape index (κ3) is 27.0. The van der Waals surface area contributed by atoms with Gasteiger partial charge in [0.1, 0.15) is 0 Å². The zero-order valence-corrected chi connectivity index (χ0v) is 26.4. The number of ether oxygens (including phenoxy) is 2. The minimum atomic E-state index is -0.551. The number of isocyanates is 2. The van der Waals surface area contributed by atoms with Gasteiger partial charge in [0.15, 0.2) is 6.17 Å². The minimum Gasteiger partial charge on any atom is -0.462 e. The van der Waals surface area contributed by atoms with Crippen molar-refractivity contribution in [3.63, 3.8) is 0 Å². The van der Waals surface area contributed by atoms with Gasteiger partial charge in [-0.05, 0) is 45.4 Å². The fourth-order valence-electron chi connectivity index (χ4n) is 3.50. The fourth-order valence-corrected chi connectivity index (χ4v) is 3.50. The van der Waals surface area contributed by atoms with Gasteiger partial charge >= 0.3 is 12.1 Å². The van der Waals surface area contributed by atoms with Crippen molar-refractivity contribution in [3.8, 4) is 0 Å². The van der Waals surface area contributed by atoms with E-state index in [1.807, 2.05) is 0 Å². The van der Waals surface area contributed by atoms with E-state index in [2.05, 4.69) is 38.8 Å². The van der Waals surface area contributed by atoms with Crippen LogP contribution in [0.25, 0.3) is 0 Å². The average Bonchev–Trinajstić information content (AvgIpc) is 3.00. The second-order valence-electron chi connectivity index (χ2n) is 9.86. The van der Waals surface area contributed by atoms with Crippen molar-refractivity contribution in [1.82, 2.24) is 10.5 Å². The van der Waals surface area contributed by atoms with Gasteiger partial charge in [0.05, 0.1) is 26.3 Å². The molecule has 0 aromatic rings. The van der Waals surface area contributed by atoms with Crippen LogP contribution >= 0.6 is 0 Å². The number of hydroxylamine groups is 2. The number of hydrogen-bond acceptors (Lipinski definition) is 13. The Balaban J connectivity index is 4.39. The third-order valence-corrected chi connectivity index (χ3v) is 5.92. The number of aliphatic imine (C=N–C) groups is 4. The van der Waals surface area contributed by atoms with E-state index in [-0.39, 0.29) is 13.2 Å². The molecule has 0 aromatic carbocycles. The van der Waals surface area contributed by atoms with Crippen LogP contribution in [0.3, 0.4) is 0 Å². The molecular weight excluding hydrogens is 572 g/mol. The molecule has 1 amide bonds. The summed E-state index contributed by atoms with van der Waals surface area (Å²) in [6, 6.07) is 0. The molecule has 0 aromatic heterocycles. The molecule has 0 aliphatic rings. The summed E-state index contributed by atoms with van der Waals surface area (Å²) in [5.41, 5.74) is 0.324. The normalized spacial score (nSPS) is 11.5. The smallest absolute Gasteiger partial charge is 0.407 e. The number of hydrogen-bond donors (Lipinski definition) is 1. The number of nitrogens with zero attached hydrogens (tertiary/aromatic N) is 5. The van der Waals surface area contributed by atoms with Crippen LogP contribution in [-0.2, 0) is 33.5 Å². The Bertz CT molecular complexity index is 932. The van der Waals surface area contributed by atoms with E-state index in [0.29, 0.717) is 44.6 Å². The van der Waals surface area contributed by atoms with Crippen LogP contribution in [0, 0.1) is 0 Å². The topological polar surface area (TPSA) is 170 Å². The van der Waals surface area contributed by atoms with Crippen LogP contribution in [0.1, 0.15) is 97.3 Å². The van der Waals surface area contributed by atoms with Gasteiger partial charge < -0.3 is 24.5 Å². The predicted molar refractivity (Wildman–Crippen MR) is 166 cm³/mol. The maximum absolute atomic E-state index is 11.8. The summed E-state index contributed by atoms with van der Waals surface area (Å²) in [6.07, 6.45) is 15.4. The molecule has 0 bridgehead atoms. The first kappa shape index (κ1) is 40.1. The van der Waals surface area contributed by atoms with E-state index < -0.39 is 18.2 Å². The van der Waals surface area contributed by atoms with Crippen molar-refractivity contribution in [2.24, 2.45) is 20.0 Å². The van der Waals surface area contributed by atoms with Crippen LogP contribution in [0.15, 0.2) is 32.1 Å². The first-order chi connectivity index (χ1) is 21.4. The second kappa shape index (κ2) is 30.6. The van der Waals surface area contributed by atoms with Gasteiger partial charge in [-0.1, -0.05) is 52.0 Å². The van der Waals surface area contributed by atoms with E-state index in [4.69, 9.17) is 19.1 Å². The number of rotatable bonds is 29. The molecule has 1 atom stereocenters. The van der Waals surface area contributed by atoms with E-state index in [0.717, 1.165) is 70.6 Å². The summed E-state index contributed by atoms with van der Waals surface area (Å²) in [7, 11) is 0. The number of carbonyl (C=O) groups is 2. The molecule has 0 aliphatic carbocycles. The monoisotopic (exact) mass is 622 g/mol. The van der Waals surface area contributed by atoms with Crippen LogP contribution in [-0.4, -0.2) is 87.8 Å². The maximum Gasteiger partial charge on any atom is 0.407 e. The Kier molecular flexibility index (Phi) is 27.9. The summed E-state index contributed by atoms with van der Waals surface area (Å²) in [6.45, 7) is 9.46. The van der Waals surface area contributed by atoms with Crippen LogP contribution in [0.2, 0.25) is 0 Å². The molecule has 44 heavy (non-hydrogen) atoms. The minimum absolute atomic E-state index is 0.150. The first-order valence-corrected chi connectivity index (χ1v) is 15.4. The Hall–Kier alpha value is -3.86. The molecule has 0 spiro atoms. The number of nitrogens with one attached hydrogen (secondary N) is 1. The highest BCUT2D eigenvalue weighted by Crippen LogP contribution is 2.08. The van der Waals surface area contributed by atoms with Gasteiger partial charge in [0.25, 0.3) is 0 Å². The van der Waals surface area contributed by atoms with Gasteiger partial charge in [-0.3, -0.25) is 4.99 Å². The lowest BCUT2D eigenvalue weighted by Crippen LogP contribution is -2.26. The van der Waals surface area contributed by atoms with Gasteiger partial charge in [0, 0.05) is 30.3 Å². The number of carbonyl (C=O) groups excluding carboxylic acids is 4. The summed E-state index contributed by atoms with van der Waals surface area (Å²) in [4.78, 5) is 70.6. The number of alkyl carbamates (subject to hydrolysis) is 1. The fraction of sp³-hybridized carbons (Fsp3) is 0.733. The summed E-state index contributed by atoms with van der Waals surface area (Å²) < 4.78 is 9.99. The van der Waals surface area contributed by atoms with Gasteiger partial charge in [-0.15, -0.1) is 0 Å². The first-order valence-electron chi connectivity index (χ1n) is 15.4. The van der Waals surface area contributed by atoms with E-state index in [1.165, 1.54) is 24.1 Å². The standard InChI is InChI=1S/C30H50N6O8/c1-4-5-10-16-28(34-24-38)35-26-44-36(43-25-32-18-12-7-6-11-17-31-23-37)20-14-9-8-13-19-33-30(40)42-22-15-21-41-29(39)27(2)3/h25-26,28H,2,4-22H2,1,3H3,(H,33,40). The Morgan fingerprint density at radius 1 is 0.864 bits per heavy atom. The summed E-state index contributed by atoms with van der Waals surface area (Å²) >= 11 is 0. The van der Waals surface area contributed by atoms with Gasteiger partial charge in [0.2, 0.25) is 25.0 Å². The Morgan fingerprint density at radius 2 is 1.57 bits per heavy atom. The quantitative estimate of drug-likeness (QED) is 0.0226. The Labute approximate surface area is 261 Å². The zero-order valence-electron chi connectivity index (χ0n) is 26.4. The largest absolute Gasteiger partial charge is 0.462 e. The molecule has 0 fully saturated rings. The molecule has 1 unspecified atom stereocenters. The lowest BCUT2D eigenvalue weighted by Gasteiger charge is -2.17. The second-order valence-corrected chi connectivity index (χ2v) is 9.86. The number of unbranched alkanes of at least 4 members (excludes halogenated alkanes) is 8. The molecular formula is C30H50N6O8. The lowest BCUT2D eigenvalue weighted by molar-refractivity contribution is -0.271. The van der Waals surface area contributed by atoms with Crippen molar-refractivity contribution in [1.29, 1.82) is 0 Å². The van der Waals surface area contributed by atoms with Gasteiger partial charge in [-0.2, -0.15) is 4.99 Å². The third-order valence-electron chi connectivity index (χ3n) is 5.92. The predicted octanol–water partition coefficient (Wildman–Crippen LogP) is 5.14. The molecule has 14 nitrogen and oxygen atoms in total. The highest BCUT2D eigenvalue weighted by molar-refractivity contribution is 5.86. The van der Waals surface area contributed by atoms with Crippen molar-refractivity contribution >= 4 is 37.0 Å². The van der Waals surface area contributed by atoms with Crippen molar-refractivity contribution in [3.05, 3.63) is 12.2 Å². The highest BCUT2D eigenvalue weighted by atomic mass is 16.9. The molecule has 1 N–H and O–H groups in total. The van der Waals surface area contributed by atoms with Crippen LogP contribution in [0.5, 0.6) is 0 Å². The number of amides is 1. The molecule has 0 rings (SSSR count). The van der Waals surface area contributed by atoms with Crippen LogP contribution in [0.4, 0.5) is 4.79 Å². The summed E-state index contributed by atoms with van der Waals surface area (Å²) in [5, 5.41) is 3.96. The Morgan fingerprint density at radius 3 is 2.30 bits per heavy atom. The van der Waals surface area contributed by atoms with E-state index >= 15 is 0 Å². The molecule has 0 aliphatic heterocycles. The maximum atomic E-state index is 11.8. The highest BCUT2D eigenvalue weighted by Gasteiger charge is 2.08. The molecule has 0 saturated heterocycles. The van der Waals surface area contributed by atoms with Gasteiger partial charge in [-0.25, -0.2) is 29.2 Å². The number of esters is 1. The summed E-state index contributed by atoms with van der Waals surface area (Å²) in [5.74, 6) is -0.463. The molecule has 0 radical (unpaired) electrons. The van der Waals surface area contributed by atoms with E-state index in [1.54, 1.807) is 13.0 Å². The van der Waals surface area contributed by atoms with Crippen molar-refractivity contribution < 1.29 is 38.3 Å². The SMILES string of the molecule is C=C(C)C(=O)OCCCOC(=O)NCCCCCCN(OC=NCCCCCCN=C=O)OC=NC(CCCCC)N=C=O.